The molecular weight excluding hydrogens is 390 g/mol. The van der Waals surface area contributed by atoms with Crippen LogP contribution in [-0.4, -0.2) is 16.1 Å². The number of amides is 1. The molecule has 0 aliphatic rings. The van der Waals surface area contributed by atoms with E-state index in [2.05, 4.69) is 31.4 Å². The van der Waals surface area contributed by atoms with Crippen LogP contribution in [0.3, 0.4) is 0 Å². The van der Waals surface area contributed by atoms with Crippen molar-refractivity contribution in [2.45, 2.75) is 13.0 Å². The van der Waals surface area contributed by atoms with Gasteiger partial charge in [0, 0.05) is 10.0 Å². The van der Waals surface area contributed by atoms with E-state index in [-0.39, 0.29) is 5.91 Å². The number of halogens is 1. The van der Waals surface area contributed by atoms with Crippen LogP contribution in [0.25, 0.3) is 0 Å². The van der Waals surface area contributed by atoms with Gasteiger partial charge in [0.05, 0.1) is 0 Å². The van der Waals surface area contributed by atoms with Crippen molar-refractivity contribution in [3.8, 4) is 5.75 Å². The number of aromatic nitrogens is 2. The van der Waals surface area contributed by atoms with E-state index in [4.69, 9.17) is 4.74 Å². The highest BCUT2D eigenvalue weighted by molar-refractivity contribution is 9.10. The Morgan fingerprint density at radius 2 is 1.96 bits per heavy atom. The van der Waals surface area contributed by atoms with Gasteiger partial charge in [0.2, 0.25) is 11.2 Å². The van der Waals surface area contributed by atoms with E-state index in [9.17, 15) is 4.79 Å². The van der Waals surface area contributed by atoms with Crippen molar-refractivity contribution in [2.75, 3.05) is 5.32 Å². The molecule has 7 heteroatoms. The van der Waals surface area contributed by atoms with Crippen molar-refractivity contribution < 1.29 is 9.53 Å². The monoisotopic (exact) mass is 403 g/mol. The van der Waals surface area contributed by atoms with E-state index in [1.54, 1.807) is 0 Å². The number of aryl methyl sites for hydroxylation is 1. The summed E-state index contributed by atoms with van der Waals surface area (Å²) < 4.78 is 6.82. The zero-order chi connectivity index (χ0) is 16.9. The van der Waals surface area contributed by atoms with Crippen LogP contribution in [0.4, 0.5) is 5.13 Å². The summed E-state index contributed by atoms with van der Waals surface area (Å²) in [4.78, 5) is 12.7. The van der Waals surface area contributed by atoms with E-state index < -0.39 is 6.10 Å². The summed E-state index contributed by atoms with van der Waals surface area (Å²) in [7, 11) is 0. The second-order valence-electron chi connectivity index (χ2n) is 4.98. The minimum atomic E-state index is -0.787. The Morgan fingerprint density at radius 1 is 1.17 bits per heavy atom. The molecule has 0 saturated heterocycles. The van der Waals surface area contributed by atoms with Crippen LogP contribution in [0.2, 0.25) is 0 Å². The second kappa shape index (κ2) is 7.55. The van der Waals surface area contributed by atoms with Gasteiger partial charge in [-0.2, -0.15) is 0 Å². The summed E-state index contributed by atoms with van der Waals surface area (Å²) >= 11 is 4.72. The van der Waals surface area contributed by atoms with Crippen molar-refractivity contribution in [1.82, 2.24) is 10.2 Å². The van der Waals surface area contributed by atoms with Crippen molar-refractivity contribution in [2.24, 2.45) is 0 Å². The van der Waals surface area contributed by atoms with Crippen LogP contribution in [0, 0.1) is 6.92 Å². The van der Waals surface area contributed by atoms with Gasteiger partial charge in [-0.15, -0.1) is 10.2 Å². The molecule has 1 amide bonds. The van der Waals surface area contributed by atoms with Crippen molar-refractivity contribution in [1.29, 1.82) is 0 Å². The van der Waals surface area contributed by atoms with Gasteiger partial charge in [0.15, 0.2) is 0 Å². The first-order chi connectivity index (χ1) is 11.6. The van der Waals surface area contributed by atoms with E-state index in [0.717, 1.165) is 15.0 Å². The lowest BCUT2D eigenvalue weighted by Gasteiger charge is -2.18. The zero-order valence-corrected chi connectivity index (χ0v) is 15.2. The average molecular weight is 404 g/mol. The Bertz CT molecular complexity index is 839. The van der Waals surface area contributed by atoms with Crippen molar-refractivity contribution >= 4 is 38.3 Å². The van der Waals surface area contributed by atoms with Gasteiger partial charge in [-0.1, -0.05) is 63.7 Å². The lowest BCUT2D eigenvalue weighted by Crippen LogP contribution is -2.25. The third-order valence-corrected chi connectivity index (χ3v) is 4.39. The minimum Gasteiger partial charge on any atom is -0.476 e. The fraction of sp³-hybridized carbons (Fsp3) is 0.118. The van der Waals surface area contributed by atoms with E-state index in [0.29, 0.717) is 10.9 Å². The van der Waals surface area contributed by atoms with E-state index in [1.807, 2.05) is 61.5 Å². The summed E-state index contributed by atoms with van der Waals surface area (Å²) in [6, 6.07) is 16.7. The number of nitrogens with zero attached hydrogens (tertiary/aromatic N) is 2. The molecule has 2 aromatic carbocycles. The first kappa shape index (κ1) is 16.6. The number of anilines is 1. The fourth-order valence-electron chi connectivity index (χ4n) is 2.10. The Balaban J connectivity index is 1.85. The van der Waals surface area contributed by atoms with Crippen LogP contribution in [-0.2, 0) is 4.79 Å². The third kappa shape index (κ3) is 4.18. The highest BCUT2D eigenvalue weighted by atomic mass is 79.9. The van der Waals surface area contributed by atoms with Gasteiger partial charge in [0.1, 0.15) is 10.8 Å². The summed E-state index contributed by atoms with van der Waals surface area (Å²) in [6.07, 6.45) is -0.787. The van der Waals surface area contributed by atoms with Crippen LogP contribution in [0.15, 0.2) is 59.1 Å². The van der Waals surface area contributed by atoms with Gasteiger partial charge in [-0.25, -0.2) is 0 Å². The Morgan fingerprint density at radius 3 is 2.62 bits per heavy atom. The van der Waals surface area contributed by atoms with Crippen LogP contribution in [0.5, 0.6) is 5.75 Å². The number of hydrogen-bond acceptors (Lipinski definition) is 5. The molecule has 0 aliphatic heterocycles. The van der Waals surface area contributed by atoms with Gasteiger partial charge in [0.25, 0.3) is 5.91 Å². The maximum atomic E-state index is 12.7. The number of rotatable bonds is 5. The topological polar surface area (TPSA) is 64.1 Å². The summed E-state index contributed by atoms with van der Waals surface area (Å²) in [5.74, 6) is 0.305. The summed E-state index contributed by atoms with van der Waals surface area (Å²) in [6.45, 7) is 1.83. The molecule has 3 rings (SSSR count). The normalized spacial score (nSPS) is 11.8. The molecule has 0 saturated carbocycles. The summed E-state index contributed by atoms with van der Waals surface area (Å²) in [5, 5.41) is 11.8. The van der Waals surface area contributed by atoms with Gasteiger partial charge < -0.3 is 4.74 Å². The molecule has 0 fully saturated rings. The number of carbonyl (C=O) groups excluding carboxylic acids is 1. The van der Waals surface area contributed by atoms with E-state index >= 15 is 0 Å². The Labute approximate surface area is 151 Å². The smallest absolute Gasteiger partial charge is 0.272 e. The molecule has 1 aromatic heterocycles. The lowest BCUT2D eigenvalue weighted by molar-refractivity contribution is -0.123. The molecular formula is C17H14BrN3O2S. The van der Waals surface area contributed by atoms with Crippen molar-refractivity contribution in [3.05, 3.63) is 69.6 Å². The molecule has 1 unspecified atom stereocenters. The maximum absolute atomic E-state index is 12.7. The molecule has 24 heavy (non-hydrogen) atoms. The average Bonchev–Trinajstić information content (AvgIpc) is 2.98. The van der Waals surface area contributed by atoms with E-state index in [1.165, 1.54) is 11.3 Å². The van der Waals surface area contributed by atoms with Crippen molar-refractivity contribution in [3.63, 3.8) is 0 Å². The molecule has 0 spiro atoms. The lowest BCUT2D eigenvalue weighted by atomic mass is 10.1. The predicted molar refractivity (Wildman–Crippen MR) is 97.2 cm³/mol. The first-order valence-corrected chi connectivity index (χ1v) is 8.81. The first-order valence-electron chi connectivity index (χ1n) is 7.20. The highest BCUT2D eigenvalue weighted by Gasteiger charge is 2.24. The second-order valence-corrected chi connectivity index (χ2v) is 7.08. The van der Waals surface area contributed by atoms with Gasteiger partial charge in [-0.05, 0) is 25.1 Å². The fourth-order valence-corrected chi connectivity index (χ4v) is 3.07. The summed E-state index contributed by atoms with van der Waals surface area (Å²) in [5.41, 5.74) is 0.760. The molecule has 1 N–H and O–H groups in total. The number of ether oxygens (including phenoxy) is 1. The molecule has 0 radical (unpaired) electrons. The van der Waals surface area contributed by atoms with Crippen LogP contribution < -0.4 is 10.1 Å². The molecule has 5 nitrogen and oxygen atoms in total. The SMILES string of the molecule is Cc1nnc(NC(=O)C(Oc2cccc(Br)c2)c2ccccc2)s1. The number of carbonyl (C=O) groups is 1. The standard InChI is InChI=1S/C17H14BrN3O2S/c1-11-20-21-17(24-11)19-16(22)15(12-6-3-2-4-7-12)23-14-9-5-8-13(18)10-14/h2-10,15H,1H3,(H,19,21,22). The molecule has 0 aliphatic carbocycles. The van der Waals surface area contributed by atoms with Gasteiger partial charge in [-0.3, -0.25) is 10.1 Å². The molecule has 1 atom stereocenters. The maximum Gasteiger partial charge on any atom is 0.272 e. The van der Waals surface area contributed by atoms with Gasteiger partial charge >= 0.3 is 0 Å². The largest absolute Gasteiger partial charge is 0.476 e. The number of hydrogen-bond donors (Lipinski definition) is 1. The van der Waals surface area contributed by atoms with Crippen LogP contribution >= 0.6 is 27.3 Å². The number of nitrogens with one attached hydrogen (secondary N) is 1. The number of benzene rings is 2. The molecule has 0 bridgehead atoms. The third-order valence-electron chi connectivity index (χ3n) is 3.15. The zero-order valence-electron chi connectivity index (χ0n) is 12.8. The minimum absolute atomic E-state index is 0.294. The van der Waals surface area contributed by atoms with Crippen LogP contribution in [0.1, 0.15) is 16.7 Å². The molecule has 1 heterocycles. The Hall–Kier alpha value is -2.25. The Kier molecular flexibility index (Phi) is 5.22. The molecule has 3 aromatic rings. The highest BCUT2D eigenvalue weighted by Crippen LogP contribution is 2.26. The quantitative estimate of drug-likeness (QED) is 0.686. The predicted octanol–water partition coefficient (Wildman–Crippen LogP) is 4.37. The molecule has 122 valence electrons.